The Morgan fingerprint density at radius 1 is 1.37 bits per heavy atom. The first-order valence-electron chi connectivity index (χ1n) is 7.71. The Morgan fingerprint density at radius 2 is 2.16 bits per heavy atom. The van der Waals surface area contributed by atoms with Gasteiger partial charge in [0, 0.05) is 5.54 Å². The Labute approximate surface area is 117 Å². The zero-order valence-electron chi connectivity index (χ0n) is 12.8. The number of aliphatic hydroxyl groups excluding tert-OH is 1. The highest BCUT2D eigenvalue weighted by Crippen LogP contribution is 2.30. The largest absolute Gasteiger partial charge is 0.394 e. The third kappa shape index (κ3) is 6.21. The SMILES string of the molecule is CCCNC1(CO)CCCC(OCCOC(C)C)C1. The molecule has 1 rings (SSSR count). The van der Waals surface area contributed by atoms with Crippen molar-refractivity contribution in [1.82, 2.24) is 5.32 Å². The van der Waals surface area contributed by atoms with Crippen molar-refractivity contribution in [1.29, 1.82) is 0 Å². The molecule has 114 valence electrons. The number of hydrogen-bond donors (Lipinski definition) is 2. The molecule has 1 saturated carbocycles. The summed E-state index contributed by atoms with van der Waals surface area (Å²) in [5.74, 6) is 0. The van der Waals surface area contributed by atoms with E-state index in [1.54, 1.807) is 0 Å². The Hall–Kier alpha value is -0.160. The summed E-state index contributed by atoms with van der Waals surface area (Å²) in [7, 11) is 0. The zero-order valence-corrected chi connectivity index (χ0v) is 12.8. The lowest BCUT2D eigenvalue weighted by Crippen LogP contribution is -2.53. The van der Waals surface area contributed by atoms with E-state index in [0.29, 0.717) is 13.2 Å². The zero-order chi connectivity index (χ0) is 14.1. The molecule has 0 spiro atoms. The van der Waals surface area contributed by atoms with Gasteiger partial charge in [-0.05, 0) is 52.5 Å². The van der Waals surface area contributed by atoms with E-state index in [1.807, 2.05) is 13.8 Å². The van der Waals surface area contributed by atoms with Crippen LogP contribution in [0, 0.1) is 0 Å². The molecule has 0 saturated heterocycles. The van der Waals surface area contributed by atoms with Gasteiger partial charge < -0.3 is 19.9 Å². The normalized spacial score (nSPS) is 27.9. The molecule has 0 heterocycles. The lowest BCUT2D eigenvalue weighted by Gasteiger charge is -2.40. The van der Waals surface area contributed by atoms with Crippen LogP contribution >= 0.6 is 0 Å². The molecule has 4 heteroatoms. The maximum atomic E-state index is 9.69. The van der Waals surface area contributed by atoms with Crippen molar-refractivity contribution in [3.63, 3.8) is 0 Å². The van der Waals surface area contributed by atoms with E-state index >= 15 is 0 Å². The molecular weight excluding hydrogens is 242 g/mol. The molecule has 0 aromatic carbocycles. The van der Waals surface area contributed by atoms with Crippen molar-refractivity contribution in [2.45, 2.75) is 70.6 Å². The Kier molecular flexibility index (Phi) is 7.91. The predicted molar refractivity (Wildman–Crippen MR) is 77.4 cm³/mol. The minimum atomic E-state index is -0.127. The first kappa shape index (κ1) is 16.9. The van der Waals surface area contributed by atoms with Gasteiger partial charge >= 0.3 is 0 Å². The van der Waals surface area contributed by atoms with Crippen LogP contribution in [0.25, 0.3) is 0 Å². The van der Waals surface area contributed by atoms with Gasteiger partial charge in [-0.3, -0.25) is 0 Å². The second-order valence-electron chi connectivity index (χ2n) is 5.87. The van der Waals surface area contributed by atoms with E-state index < -0.39 is 0 Å². The topological polar surface area (TPSA) is 50.7 Å². The quantitative estimate of drug-likeness (QED) is 0.632. The van der Waals surface area contributed by atoms with Gasteiger partial charge in [0.05, 0.1) is 32.0 Å². The first-order valence-corrected chi connectivity index (χ1v) is 7.71. The van der Waals surface area contributed by atoms with Gasteiger partial charge in [0.15, 0.2) is 0 Å². The maximum absolute atomic E-state index is 9.69. The van der Waals surface area contributed by atoms with Crippen molar-refractivity contribution in [3.05, 3.63) is 0 Å². The molecule has 2 unspecified atom stereocenters. The number of nitrogens with one attached hydrogen (secondary N) is 1. The van der Waals surface area contributed by atoms with E-state index in [4.69, 9.17) is 9.47 Å². The lowest BCUT2D eigenvalue weighted by atomic mass is 9.80. The van der Waals surface area contributed by atoms with Crippen LogP contribution in [0.5, 0.6) is 0 Å². The monoisotopic (exact) mass is 273 g/mol. The molecule has 0 radical (unpaired) electrons. The highest BCUT2D eigenvalue weighted by atomic mass is 16.5. The van der Waals surface area contributed by atoms with Crippen LogP contribution in [0.4, 0.5) is 0 Å². The molecule has 0 aromatic rings. The van der Waals surface area contributed by atoms with Crippen LogP contribution in [0.2, 0.25) is 0 Å². The minimum absolute atomic E-state index is 0.127. The van der Waals surface area contributed by atoms with Crippen molar-refractivity contribution in [2.24, 2.45) is 0 Å². The van der Waals surface area contributed by atoms with Crippen molar-refractivity contribution >= 4 is 0 Å². The molecule has 2 N–H and O–H groups in total. The maximum Gasteiger partial charge on any atom is 0.0704 e. The fourth-order valence-corrected chi connectivity index (χ4v) is 2.70. The standard InChI is InChI=1S/C15H31NO3/c1-4-8-16-15(12-17)7-5-6-14(11-15)19-10-9-18-13(2)3/h13-14,16-17H,4-12H2,1-3H3. The molecule has 1 aliphatic rings. The summed E-state index contributed by atoms with van der Waals surface area (Å²) < 4.78 is 11.4. The summed E-state index contributed by atoms with van der Waals surface area (Å²) in [6, 6.07) is 0. The molecule has 0 aliphatic heterocycles. The smallest absolute Gasteiger partial charge is 0.0704 e. The van der Waals surface area contributed by atoms with Gasteiger partial charge in [-0.25, -0.2) is 0 Å². The first-order chi connectivity index (χ1) is 9.12. The van der Waals surface area contributed by atoms with E-state index in [0.717, 1.165) is 38.6 Å². The molecule has 0 bridgehead atoms. The molecular formula is C15H31NO3. The fourth-order valence-electron chi connectivity index (χ4n) is 2.70. The Morgan fingerprint density at radius 3 is 2.79 bits per heavy atom. The fraction of sp³-hybridized carbons (Fsp3) is 1.00. The van der Waals surface area contributed by atoms with Crippen LogP contribution < -0.4 is 5.32 Å². The predicted octanol–water partition coefficient (Wildman–Crippen LogP) is 2.10. The van der Waals surface area contributed by atoms with Gasteiger partial charge in [0.1, 0.15) is 0 Å². The summed E-state index contributed by atoms with van der Waals surface area (Å²) in [5, 5.41) is 13.2. The summed E-state index contributed by atoms with van der Waals surface area (Å²) in [4.78, 5) is 0. The average molecular weight is 273 g/mol. The van der Waals surface area contributed by atoms with Gasteiger partial charge in [-0.2, -0.15) is 0 Å². The summed E-state index contributed by atoms with van der Waals surface area (Å²) >= 11 is 0. The lowest BCUT2D eigenvalue weighted by molar-refractivity contribution is -0.0461. The van der Waals surface area contributed by atoms with Crippen molar-refractivity contribution in [2.75, 3.05) is 26.4 Å². The van der Waals surface area contributed by atoms with Crippen molar-refractivity contribution in [3.8, 4) is 0 Å². The van der Waals surface area contributed by atoms with E-state index in [-0.39, 0.29) is 24.4 Å². The molecule has 0 amide bonds. The molecule has 4 nitrogen and oxygen atoms in total. The number of hydrogen-bond acceptors (Lipinski definition) is 4. The molecule has 1 fully saturated rings. The van der Waals surface area contributed by atoms with Gasteiger partial charge in [0.2, 0.25) is 0 Å². The highest BCUT2D eigenvalue weighted by Gasteiger charge is 2.35. The summed E-state index contributed by atoms with van der Waals surface area (Å²) in [5.41, 5.74) is -0.127. The molecule has 2 atom stereocenters. The van der Waals surface area contributed by atoms with Gasteiger partial charge in [-0.15, -0.1) is 0 Å². The number of aliphatic hydroxyl groups is 1. The Bertz CT molecular complexity index is 235. The minimum Gasteiger partial charge on any atom is -0.394 e. The second kappa shape index (κ2) is 8.90. The van der Waals surface area contributed by atoms with Crippen molar-refractivity contribution < 1.29 is 14.6 Å². The van der Waals surface area contributed by atoms with E-state index in [9.17, 15) is 5.11 Å². The van der Waals surface area contributed by atoms with Crippen LogP contribution in [-0.4, -0.2) is 49.2 Å². The van der Waals surface area contributed by atoms with Crippen LogP contribution in [0.1, 0.15) is 52.9 Å². The molecule has 1 aliphatic carbocycles. The summed E-state index contributed by atoms with van der Waals surface area (Å²) in [6.07, 6.45) is 5.77. The van der Waals surface area contributed by atoms with Crippen LogP contribution in [0.15, 0.2) is 0 Å². The number of ether oxygens (including phenoxy) is 2. The van der Waals surface area contributed by atoms with Gasteiger partial charge in [-0.1, -0.05) is 6.92 Å². The van der Waals surface area contributed by atoms with Crippen LogP contribution in [-0.2, 0) is 9.47 Å². The van der Waals surface area contributed by atoms with E-state index in [1.165, 1.54) is 0 Å². The Balaban J connectivity index is 2.31. The summed E-state index contributed by atoms with van der Waals surface area (Å²) in [6.45, 7) is 8.69. The van der Waals surface area contributed by atoms with E-state index in [2.05, 4.69) is 12.2 Å². The average Bonchev–Trinajstić information content (AvgIpc) is 2.41. The van der Waals surface area contributed by atoms with Crippen LogP contribution in [0.3, 0.4) is 0 Å². The molecule has 19 heavy (non-hydrogen) atoms. The van der Waals surface area contributed by atoms with Gasteiger partial charge in [0.25, 0.3) is 0 Å². The third-order valence-corrected chi connectivity index (χ3v) is 3.74. The third-order valence-electron chi connectivity index (χ3n) is 3.74. The second-order valence-corrected chi connectivity index (χ2v) is 5.87. The molecule has 0 aromatic heterocycles. The number of rotatable bonds is 9. The highest BCUT2D eigenvalue weighted by molar-refractivity contribution is 4.93.